The van der Waals surface area contributed by atoms with E-state index in [1.807, 2.05) is 13.8 Å². The van der Waals surface area contributed by atoms with Crippen molar-refractivity contribution in [1.82, 2.24) is 24.8 Å². The molecule has 0 spiro atoms. The Balaban J connectivity index is 1.31. The summed E-state index contributed by atoms with van der Waals surface area (Å²) in [5, 5.41) is 15.7. The molecule has 1 aliphatic heterocycles. The number of nitrogens with zero attached hydrogens (tertiary/aromatic N) is 5. The van der Waals surface area contributed by atoms with E-state index in [4.69, 9.17) is 0 Å². The van der Waals surface area contributed by atoms with Gasteiger partial charge in [0.05, 0.1) is 11.1 Å². The minimum atomic E-state index is -0.444. The minimum absolute atomic E-state index is 0.0486. The number of fused-ring (bicyclic) bond motifs is 1. The third-order valence-corrected chi connectivity index (χ3v) is 6.54. The lowest BCUT2D eigenvalue weighted by molar-refractivity contribution is -0.124. The fourth-order valence-corrected chi connectivity index (χ4v) is 4.65. The lowest BCUT2D eigenvalue weighted by Crippen LogP contribution is -2.37. The average Bonchev–Trinajstić information content (AvgIpc) is 3.36. The molecule has 11 heteroatoms. The molecule has 0 aliphatic carbocycles. The first kappa shape index (κ1) is 24.1. The number of amides is 3. The first-order valence-corrected chi connectivity index (χ1v) is 11.6. The van der Waals surface area contributed by atoms with Crippen molar-refractivity contribution in [3.05, 3.63) is 69.3 Å². The van der Waals surface area contributed by atoms with Crippen LogP contribution >= 0.6 is 11.8 Å². The summed E-state index contributed by atoms with van der Waals surface area (Å²) in [6, 6.07) is 7.67. The van der Waals surface area contributed by atoms with Gasteiger partial charge in [-0.05, 0) is 61.4 Å². The van der Waals surface area contributed by atoms with E-state index in [1.54, 1.807) is 4.52 Å². The van der Waals surface area contributed by atoms with Gasteiger partial charge in [0.1, 0.15) is 17.4 Å². The normalized spacial score (nSPS) is 14.7. The summed E-state index contributed by atoms with van der Waals surface area (Å²) in [5.74, 6) is -1.06. The van der Waals surface area contributed by atoms with Gasteiger partial charge in [0.2, 0.25) is 5.91 Å². The molecule has 0 atom stereocenters. The highest BCUT2D eigenvalue weighted by Crippen LogP contribution is 2.31. The number of imide groups is 1. The van der Waals surface area contributed by atoms with E-state index in [1.165, 1.54) is 36.5 Å². The van der Waals surface area contributed by atoms with Crippen LogP contribution in [-0.4, -0.2) is 49.6 Å². The molecule has 0 unspecified atom stereocenters. The SMILES string of the molecule is Cc1nc2c(C#N)cnn2c(C)c1CCC(=O)NCCN1C(=O)S/C(=C\c2ccc(F)cc2)C1=O. The van der Waals surface area contributed by atoms with Crippen LogP contribution in [0.25, 0.3) is 11.7 Å². The van der Waals surface area contributed by atoms with Gasteiger partial charge in [-0.1, -0.05) is 12.1 Å². The third kappa shape index (κ3) is 5.07. The summed E-state index contributed by atoms with van der Waals surface area (Å²) < 4.78 is 14.7. The van der Waals surface area contributed by atoms with Crippen molar-refractivity contribution < 1.29 is 18.8 Å². The van der Waals surface area contributed by atoms with Gasteiger partial charge < -0.3 is 5.32 Å². The van der Waals surface area contributed by atoms with E-state index in [0.29, 0.717) is 23.2 Å². The maximum atomic E-state index is 13.1. The van der Waals surface area contributed by atoms with Gasteiger partial charge in [0.15, 0.2) is 5.65 Å². The third-order valence-electron chi connectivity index (χ3n) is 5.63. The number of hydrogen-bond acceptors (Lipinski definition) is 7. The molecule has 0 saturated carbocycles. The van der Waals surface area contributed by atoms with E-state index < -0.39 is 11.1 Å². The van der Waals surface area contributed by atoms with Crippen molar-refractivity contribution in [2.45, 2.75) is 26.7 Å². The topological polar surface area (TPSA) is 120 Å². The second kappa shape index (κ2) is 10.1. The van der Waals surface area contributed by atoms with Crippen molar-refractivity contribution in [2.24, 2.45) is 0 Å². The van der Waals surface area contributed by atoms with Gasteiger partial charge in [-0.25, -0.2) is 13.9 Å². The molecule has 1 saturated heterocycles. The molecule has 3 heterocycles. The van der Waals surface area contributed by atoms with E-state index in [0.717, 1.165) is 33.6 Å². The Bertz CT molecular complexity index is 1410. The molecule has 3 aromatic rings. The summed E-state index contributed by atoms with van der Waals surface area (Å²) in [5.41, 5.74) is 3.90. The zero-order valence-electron chi connectivity index (χ0n) is 19.0. The van der Waals surface area contributed by atoms with Crippen molar-refractivity contribution in [3.8, 4) is 6.07 Å². The molecule has 178 valence electrons. The average molecular weight is 493 g/mol. The second-order valence-electron chi connectivity index (χ2n) is 7.90. The number of benzene rings is 1. The Kier molecular flexibility index (Phi) is 6.93. The lowest BCUT2D eigenvalue weighted by Gasteiger charge is -2.14. The highest BCUT2D eigenvalue weighted by Gasteiger charge is 2.34. The van der Waals surface area contributed by atoms with Gasteiger partial charge in [-0.2, -0.15) is 10.4 Å². The molecule has 3 amide bonds. The minimum Gasteiger partial charge on any atom is -0.354 e. The molecule has 2 aromatic heterocycles. The zero-order valence-corrected chi connectivity index (χ0v) is 19.9. The quantitative estimate of drug-likeness (QED) is 0.503. The monoisotopic (exact) mass is 492 g/mol. The smallest absolute Gasteiger partial charge is 0.293 e. The van der Waals surface area contributed by atoms with E-state index in [2.05, 4.69) is 21.5 Å². The molecule has 9 nitrogen and oxygen atoms in total. The Morgan fingerprint density at radius 3 is 2.71 bits per heavy atom. The Morgan fingerprint density at radius 2 is 2.00 bits per heavy atom. The van der Waals surface area contributed by atoms with Gasteiger partial charge >= 0.3 is 0 Å². The number of rotatable bonds is 7. The van der Waals surface area contributed by atoms with Crippen LogP contribution in [0.15, 0.2) is 35.4 Å². The Morgan fingerprint density at radius 1 is 1.26 bits per heavy atom. The summed E-state index contributed by atoms with van der Waals surface area (Å²) in [6.07, 6.45) is 3.62. The van der Waals surface area contributed by atoms with Gasteiger partial charge in [-0.3, -0.25) is 19.3 Å². The number of hydrogen-bond donors (Lipinski definition) is 1. The van der Waals surface area contributed by atoms with Crippen molar-refractivity contribution >= 4 is 40.5 Å². The second-order valence-corrected chi connectivity index (χ2v) is 8.89. The fraction of sp³-hybridized carbons (Fsp3) is 0.250. The van der Waals surface area contributed by atoms with Crippen LogP contribution in [-0.2, 0) is 16.0 Å². The fourth-order valence-electron chi connectivity index (χ4n) is 3.79. The number of thioether (sulfide) groups is 1. The van der Waals surface area contributed by atoms with E-state index >= 15 is 0 Å². The molecular weight excluding hydrogens is 471 g/mol. The Labute approximate surface area is 204 Å². The maximum Gasteiger partial charge on any atom is 0.293 e. The van der Waals surface area contributed by atoms with Crippen molar-refractivity contribution in [1.29, 1.82) is 5.26 Å². The van der Waals surface area contributed by atoms with Gasteiger partial charge in [-0.15, -0.1) is 0 Å². The predicted molar refractivity (Wildman–Crippen MR) is 128 cm³/mol. The first-order chi connectivity index (χ1) is 16.8. The molecule has 1 aromatic carbocycles. The molecule has 35 heavy (non-hydrogen) atoms. The number of aryl methyl sites for hydroxylation is 2. The summed E-state index contributed by atoms with van der Waals surface area (Å²) in [6.45, 7) is 3.86. The summed E-state index contributed by atoms with van der Waals surface area (Å²) >= 11 is 0.811. The first-order valence-electron chi connectivity index (χ1n) is 10.8. The molecule has 0 radical (unpaired) electrons. The number of nitrogens with one attached hydrogen (secondary N) is 1. The zero-order chi connectivity index (χ0) is 25.1. The van der Waals surface area contributed by atoms with Crippen LogP contribution in [0, 0.1) is 31.0 Å². The molecule has 1 N–H and O–H groups in total. The van der Waals surface area contributed by atoms with Gasteiger partial charge in [0, 0.05) is 30.9 Å². The van der Waals surface area contributed by atoms with Crippen LogP contribution < -0.4 is 5.32 Å². The standard InChI is InChI=1S/C24H21FN6O3S/c1-14-19(15(2)31-22(29-14)17(12-26)13-28-31)7-8-21(32)27-9-10-30-23(33)20(35-24(30)34)11-16-3-5-18(25)6-4-16/h3-6,11,13H,7-10H2,1-2H3,(H,27,32)/b20-11-. The number of carbonyl (C=O) groups is 3. The van der Waals surface area contributed by atoms with E-state index in [9.17, 15) is 24.0 Å². The molecule has 4 rings (SSSR count). The van der Waals surface area contributed by atoms with Gasteiger partial charge in [0.25, 0.3) is 11.1 Å². The lowest BCUT2D eigenvalue weighted by atomic mass is 10.1. The maximum absolute atomic E-state index is 13.1. The molecule has 1 fully saturated rings. The van der Waals surface area contributed by atoms with Crippen molar-refractivity contribution in [3.63, 3.8) is 0 Å². The number of aromatic nitrogens is 3. The highest BCUT2D eigenvalue weighted by molar-refractivity contribution is 8.18. The predicted octanol–water partition coefficient (Wildman–Crippen LogP) is 3.14. The number of halogens is 1. The highest BCUT2D eigenvalue weighted by atomic mass is 32.2. The number of nitriles is 1. The van der Waals surface area contributed by atoms with Crippen LogP contribution in [0.3, 0.4) is 0 Å². The molecule has 0 bridgehead atoms. The molecule has 1 aliphatic rings. The number of carbonyl (C=O) groups excluding carboxylic acids is 3. The van der Waals surface area contributed by atoms with Crippen LogP contribution in [0.4, 0.5) is 9.18 Å². The van der Waals surface area contributed by atoms with E-state index in [-0.39, 0.29) is 36.1 Å². The van der Waals surface area contributed by atoms with Crippen LogP contribution in [0.5, 0.6) is 0 Å². The largest absolute Gasteiger partial charge is 0.354 e. The van der Waals surface area contributed by atoms with Crippen molar-refractivity contribution in [2.75, 3.05) is 13.1 Å². The Hall–Kier alpha value is -4.04. The van der Waals surface area contributed by atoms with Crippen LogP contribution in [0.2, 0.25) is 0 Å². The summed E-state index contributed by atoms with van der Waals surface area (Å²) in [4.78, 5) is 43.0. The summed E-state index contributed by atoms with van der Waals surface area (Å²) in [7, 11) is 0. The van der Waals surface area contributed by atoms with Crippen LogP contribution in [0.1, 0.15) is 34.5 Å². The molecular formula is C24H21FN6O3S.